The fourth-order valence-corrected chi connectivity index (χ4v) is 1.28. The van der Waals surface area contributed by atoms with Gasteiger partial charge in [-0.25, -0.2) is 0 Å². The minimum atomic E-state index is -0.272. The van der Waals surface area contributed by atoms with Crippen molar-refractivity contribution in [2.45, 2.75) is 13.3 Å². The summed E-state index contributed by atoms with van der Waals surface area (Å²) in [7, 11) is 3.43. The molecule has 0 rings (SSSR count). The third-order valence-electron chi connectivity index (χ3n) is 2.19. The summed E-state index contributed by atoms with van der Waals surface area (Å²) in [4.78, 5) is 26.1. The summed E-state index contributed by atoms with van der Waals surface area (Å²) < 4.78 is 4.86. The van der Waals surface area contributed by atoms with Crippen LogP contribution in [0.4, 0.5) is 0 Å². The van der Waals surface area contributed by atoms with Gasteiger partial charge in [-0.15, -0.1) is 6.58 Å². The largest absolute Gasteiger partial charge is 0.465 e. The zero-order valence-corrected chi connectivity index (χ0v) is 10.9. The first-order valence-corrected chi connectivity index (χ1v) is 5.70. The van der Waals surface area contributed by atoms with E-state index >= 15 is 0 Å². The van der Waals surface area contributed by atoms with Crippen LogP contribution in [0.25, 0.3) is 0 Å². The zero-order chi connectivity index (χ0) is 13.3. The van der Waals surface area contributed by atoms with Gasteiger partial charge in [0.05, 0.1) is 13.2 Å². The smallest absolute Gasteiger partial charge is 0.320 e. The second kappa shape index (κ2) is 8.75. The van der Waals surface area contributed by atoms with Crippen molar-refractivity contribution < 1.29 is 14.3 Å². The summed E-state index contributed by atoms with van der Waals surface area (Å²) >= 11 is 0. The summed E-state index contributed by atoms with van der Waals surface area (Å²) in [6.45, 7) is 7.06. The number of esters is 1. The van der Waals surface area contributed by atoms with Crippen LogP contribution in [0.5, 0.6) is 0 Å². The van der Waals surface area contributed by atoms with E-state index in [-0.39, 0.29) is 18.4 Å². The predicted molar refractivity (Wildman–Crippen MR) is 66.6 cm³/mol. The van der Waals surface area contributed by atoms with Gasteiger partial charge in [-0.05, 0) is 6.92 Å². The molecule has 0 saturated carbocycles. The molecule has 0 unspecified atom stereocenters. The summed E-state index contributed by atoms with van der Waals surface area (Å²) in [5.41, 5.74) is 0. The maximum atomic E-state index is 11.4. The van der Waals surface area contributed by atoms with Crippen molar-refractivity contribution in [1.82, 2.24) is 9.80 Å². The Kier molecular flexibility index (Phi) is 8.05. The van der Waals surface area contributed by atoms with E-state index in [9.17, 15) is 9.59 Å². The summed E-state index contributed by atoms with van der Waals surface area (Å²) in [5, 5.41) is 0. The lowest BCUT2D eigenvalue weighted by Gasteiger charge is -2.20. The number of nitrogens with zero attached hydrogens (tertiary/aromatic N) is 2. The van der Waals surface area contributed by atoms with Gasteiger partial charge in [0.2, 0.25) is 5.91 Å². The summed E-state index contributed by atoms with van der Waals surface area (Å²) in [6, 6.07) is 0. The molecule has 0 radical (unpaired) electrons. The standard InChI is InChI=1S/C12H22N2O3/c1-5-8-14(10-12(16)17-6-2)9-7-11(15)13(3)4/h5H,1,6-10H2,2-4H3. The second-order valence-corrected chi connectivity index (χ2v) is 3.87. The van der Waals surface area contributed by atoms with Crippen LogP contribution in [0.3, 0.4) is 0 Å². The van der Waals surface area contributed by atoms with E-state index in [1.807, 2.05) is 4.90 Å². The average molecular weight is 242 g/mol. The van der Waals surface area contributed by atoms with Crippen LogP contribution in [-0.4, -0.2) is 62.0 Å². The molecule has 0 aromatic carbocycles. The number of hydrogen-bond donors (Lipinski definition) is 0. The molecule has 5 heteroatoms. The first kappa shape index (κ1) is 15.6. The second-order valence-electron chi connectivity index (χ2n) is 3.87. The van der Waals surface area contributed by atoms with E-state index < -0.39 is 0 Å². The SMILES string of the molecule is C=CCN(CCC(=O)N(C)C)CC(=O)OCC. The van der Waals surface area contributed by atoms with Gasteiger partial charge < -0.3 is 9.64 Å². The molecule has 0 atom stereocenters. The monoisotopic (exact) mass is 242 g/mol. The fourth-order valence-electron chi connectivity index (χ4n) is 1.28. The van der Waals surface area contributed by atoms with Gasteiger partial charge in [-0.3, -0.25) is 14.5 Å². The van der Waals surface area contributed by atoms with Crippen molar-refractivity contribution in [3.63, 3.8) is 0 Å². The summed E-state index contributed by atoms with van der Waals surface area (Å²) in [6.07, 6.45) is 2.10. The zero-order valence-electron chi connectivity index (χ0n) is 10.9. The number of carbonyl (C=O) groups is 2. The summed E-state index contributed by atoms with van der Waals surface area (Å²) in [5.74, 6) is -0.227. The highest BCUT2D eigenvalue weighted by Gasteiger charge is 2.12. The lowest BCUT2D eigenvalue weighted by molar-refractivity contribution is -0.144. The van der Waals surface area contributed by atoms with Crippen LogP contribution in [-0.2, 0) is 14.3 Å². The molecule has 98 valence electrons. The molecule has 0 bridgehead atoms. The van der Waals surface area contributed by atoms with Crippen molar-refractivity contribution in [3.05, 3.63) is 12.7 Å². The van der Waals surface area contributed by atoms with E-state index in [4.69, 9.17) is 4.74 Å². The molecule has 0 aromatic heterocycles. The third kappa shape index (κ3) is 7.52. The normalized spacial score (nSPS) is 10.1. The van der Waals surface area contributed by atoms with Gasteiger partial charge in [-0.2, -0.15) is 0 Å². The molecule has 0 aliphatic heterocycles. The van der Waals surface area contributed by atoms with E-state index in [0.29, 0.717) is 26.1 Å². The lowest BCUT2D eigenvalue weighted by Crippen LogP contribution is -2.34. The molecule has 0 aliphatic rings. The molecule has 5 nitrogen and oxygen atoms in total. The molecule has 0 heterocycles. The average Bonchev–Trinajstić information content (AvgIpc) is 2.25. The van der Waals surface area contributed by atoms with E-state index in [1.165, 1.54) is 4.90 Å². The Labute approximate surface area is 103 Å². The van der Waals surface area contributed by atoms with Gasteiger partial charge in [0.25, 0.3) is 0 Å². The molecule has 0 N–H and O–H groups in total. The van der Waals surface area contributed by atoms with Gasteiger partial charge in [0.15, 0.2) is 0 Å². The van der Waals surface area contributed by atoms with E-state index in [1.54, 1.807) is 27.1 Å². The predicted octanol–water partition coefficient (Wildman–Crippen LogP) is 0.516. The van der Waals surface area contributed by atoms with Crippen LogP contribution in [0.1, 0.15) is 13.3 Å². The van der Waals surface area contributed by atoms with Crippen LogP contribution in [0, 0.1) is 0 Å². The maximum Gasteiger partial charge on any atom is 0.320 e. The molecule has 1 amide bonds. The van der Waals surface area contributed by atoms with Crippen LogP contribution in [0.2, 0.25) is 0 Å². The van der Waals surface area contributed by atoms with Gasteiger partial charge in [0.1, 0.15) is 0 Å². The van der Waals surface area contributed by atoms with Crippen LogP contribution >= 0.6 is 0 Å². The van der Waals surface area contributed by atoms with Crippen molar-refractivity contribution in [3.8, 4) is 0 Å². The van der Waals surface area contributed by atoms with Crippen molar-refractivity contribution in [1.29, 1.82) is 0 Å². The minimum Gasteiger partial charge on any atom is -0.465 e. The molecule has 0 aliphatic carbocycles. The fraction of sp³-hybridized carbons (Fsp3) is 0.667. The Morgan fingerprint density at radius 2 is 2.00 bits per heavy atom. The van der Waals surface area contributed by atoms with E-state index in [2.05, 4.69) is 6.58 Å². The van der Waals surface area contributed by atoms with Gasteiger partial charge in [-0.1, -0.05) is 6.08 Å². The van der Waals surface area contributed by atoms with Gasteiger partial charge >= 0.3 is 5.97 Å². The number of amides is 1. The first-order chi connectivity index (χ1) is 8.01. The molecule has 0 fully saturated rings. The quantitative estimate of drug-likeness (QED) is 0.460. The molecule has 0 saturated heterocycles. The highest BCUT2D eigenvalue weighted by atomic mass is 16.5. The lowest BCUT2D eigenvalue weighted by atomic mass is 10.3. The van der Waals surface area contributed by atoms with Crippen LogP contribution < -0.4 is 0 Å². The Hall–Kier alpha value is -1.36. The maximum absolute atomic E-state index is 11.4. The van der Waals surface area contributed by atoms with Crippen LogP contribution in [0.15, 0.2) is 12.7 Å². The van der Waals surface area contributed by atoms with Crippen molar-refractivity contribution in [2.75, 3.05) is 40.3 Å². The highest BCUT2D eigenvalue weighted by Crippen LogP contribution is 1.96. The Morgan fingerprint density at radius 1 is 1.35 bits per heavy atom. The molecular weight excluding hydrogens is 220 g/mol. The molecule has 0 aromatic rings. The number of carbonyl (C=O) groups excluding carboxylic acids is 2. The van der Waals surface area contributed by atoms with Crippen molar-refractivity contribution in [2.24, 2.45) is 0 Å². The topological polar surface area (TPSA) is 49.9 Å². The Morgan fingerprint density at radius 3 is 2.47 bits per heavy atom. The highest BCUT2D eigenvalue weighted by molar-refractivity contribution is 5.76. The molecule has 17 heavy (non-hydrogen) atoms. The Balaban J connectivity index is 4.10. The molecular formula is C12H22N2O3. The Bertz CT molecular complexity index is 264. The van der Waals surface area contributed by atoms with E-state index in [0.717, 1.165) is 0 Å². The number of hydrogen-bond acceptors (Lipinski definition) is 4. The number of rotatable bonds is 8. The van der Waals surface area contributed by atoms with Crippen molar-refractivity contribution >= 4 is 11.9 Å². The first-order valence-electron chi connectivity index (χ1n) is 5.70. The molecule has 0 spiro atoms. The number of ether oxygens (including phenoxy) is 1. The minimum absolute atomic E-state index is 0.0444. The van der Waals surface area contributed by atoms with Gasteiger partial charge in [0, 0.05) is 33.6 Å². The third-order valence-corrected chi connectivity index (χ3v) is 2.19.